The van der Waals surface area contributed by atoms with Crippen molar-refractivity contribution in [1.82, 2.24) is 5.32 Å². The zero-order valence-corrected chi connectivity index (χ0v) is 6.72. The largest absolute Gasteiger partial charge is 0.478 e. The minimum absolute atomic E-state index is 0.784. The molecule has 0 bridgehead atoms. The highest BCUT2D eigenvalue weighted by molar-refractivity contribution is 5.79. The van der Waals surface area contributed by atoms with Gasteiger partial charge >= 0.3 is 5.97 Å². The second-order valence-electron chi connectivity index (χ2n) is 1.65. The maximum absolute atomic E-state index is 9.67. The first kappa shape index (κ1) is 11.9. The Morgan fingerprint density at radius 1 is 1.60 bits per heavy atom. The highest BCUT2D eigenvalue weighted by Gasteiger charge is 1.79. The van der Waals surface area contributed by atoms with Crippen LogP contribution in [0.3, 0.4) is 0 Å². The minimum atomic E-state index is -0.873. The molecule has 0 saturated heterocycles. The maximum Gasteiger partial charge on any atom is 0.327 e. The van der Waals surface area contributed by atoms with Gasteiger partial charge in [-0.25, -0.2) is 4.79 Å². The number of carboxylic acid groups (broad SMARTS) is 1. The molecule has 0 rings (SSSR count). The molecule has 10 heavy (non-hydrogen) atoms. The number of rotatable bonds is 2. The molecule has 0 saturated carbocycles. The Labute approximate surface area is 61.8 Å². The molecule has 0 aliphatic heterocycles. The van der Waals surface area contributed by atoms with Crippen LogP contribution in [0, 0.1) is 0 Å². The number of allylic oxidation sites excluding steroid dienone is 1. The summed E-state index contributed by atoms with van der Waals surface area (Å²) in [6.45, 7) is 1.89. The molecular formula is C7H15NO2. The summed E-state index contributed by atoms with van der Waals surface area (Å²) in [5, 5.41) is 10.7. The number of hydrogen-bond acceptors (Lipinski definition) is 2. The lowest BCUT2D eigenvalue weighted by atomic mass is 10.4. The van der Waals surface area contributed by atoms with Crippen molar-refractivity contribution in [3.63, 3.8) is 0 Å². The quantitative estimate of drug-likeness (QED) is 0.567. The fourth-order valence-corrected chi connectivity index (χ4v) is 0.219. The fourth-order valence-electron chi connectivity index (χ4n) is 0.219. The summed E-state index contributed by atoms with van der Waals surface area (Å²) < 4.78 is 0. The van der Waals surface area contributed by atoms with Gasteiger partial charge in [0, 0.05) is 6.08 Å². The Morgan fingerprint density at radius 2 is 2.00 bits per heavy atom. The lowest BCUT2D eigenvalue weighted by Gasteiger charge is -1.73. The summed E-state index contributed by atoms with van der Waals surface area (Å²) >= 11 is 0. The van der Waals surface area contributed by atoms with E-state index in [-0.39, 0.29) is 0 Å². The first-order chi connectivity index (χ1) is 4.68. The van der Waals surface area contributed by atoms with Crippen LogP contribution in [0.1, 0.15) is 13.3 Å². The van der Waals surface area contributed by atoms with Crippen LogP contribution in [0.15, 0.2) is 12.2 Å². The molecule has 0 heterocycles. The molecular weight excluding hydrogens is 130 g/mol. The molecule has 3 heteroatoms. The molecule has 0 aromatic rings. The van der Waals surface area contributed by atoms with E-state index in [1.165, 1.54) is 0 Å². The zero-order chi connectivity index (χ0) is 8.41. The van der Waals surface area contributed by atoms with E-state index in [1.807, 2.05) is 21.0 Å². The molecule has 3 nitrogen and oxygen atoms in total. The standard InChI is InChI=1S/C5H8O2.C2H7N/c1-2-3-4-5(6)7;1-3-2/h3-4H,2H2,1H3,(H,6,7);3H,1-2H3/b4-3+;. The predicted octanol–water partition coefficient (Wildman–Crippen LogP) is 0.873. The summed E-state index contributed by atoms with van der Waals surface area (Å²) in [6, 6.07) is 0. The van der Waals surface area contributed by atoms with Crippen molar-refractivity contribution < 1.29 is 9.90 Å². The van der Waals surface area contributed by atoms with Crippen molar-refractivity contribution in [2.75, 3.05) is 14.1 Å². The normalized spacial score (nSPS) is 8.70. The zero-order valence-electron chi connectivity index (χ0n) is 6.72. The van der Waals surface area contributed by atoms with Crippen LogP contribution >= 0.6 is 0 Å². The SMILES string of the molecule is CC/C=C/C(=O)O.CNC. The van der Waals surface area contributed by atoms with E-state index in [1.54, 1.807) is 6.08 Å². The van der Waals surface area contributed by atoms with E-state index in [9.17, 15) is 4.79 Å². The van der Waals surface area contributed by atoms with Gasteiger partial charge < -0.3 is 10.4 Å². The van der Waals surface area contributed by atoms with Crippen molar-refractivity contribution in [2.24, 2.45) is 0 Å². The van der Waals surface area contributed by atoms with Crippen molar-refractivity contribution in [3.8, 4) is 0 Å². The highest BCUT2D eigenvalue weighted by Crippen LogP contribution is 1.76. The minimum Gasteiger partial charge on any atom is -0.478 e. The van der Waals surface area contributed by atoms with Gasteiger partial charge in [-0.2, -0.15) is 0 Å². The number of hydrogen-bond donors (Lipinski definition) is 2. The Bertz CT molecular complexity index is 99.8. The molecule has 0 aromatic heterocycles. The van der Waals surface area contributed by atoms with E-state index < -0.39 is 5.97 Å². The maximum atomic E-state index is 9.67. The van der Waals surface area contributed by atoms with Crippen LogP contribution in [-0.4, -0.2) is 25.2 Å². The van der Waals surface area contributed by atoms with Gasteiger partial charge in [-0.05, 0) is 20.5 Å². The van der Waals surface area contributed by atoms with Crippen molar-refractivity contribution in [2.45, 2.75) is 13.3 Å². The molecule has 2 N–H and O–H groups in total. The third-order valence-electron chi connectivity index (χ3n) is 0.496. The Balaban J connectivity index is 0. The molecule has 0 amide bonds. The van der Waals surface area contributed by atoms with Crippen LogP contribution in [0.2, 0.25) is 0 Å². The molecule has 0 fully saturated rings. The summed E-state index contributed by atoms with van der Waals surface area (Å²) in [4.78, 5) is 9.67. The number of carboxylic acids is 1. The third-order valence-corrected chi connectivity index (χ3v) is 0.496. The van der Waals surface area contributed by atoms with E-state index in [2.05, 4.69) is 5.32 Å². The first-order valence-corrected chi connectivity index (χ1v) is 3.17. The van der Waals surface area contributed by atoms with Crippen LogP contribution in [0.4, 0.5) is 0 Å². The van der Waals surface area contributed by atoms with Gasteiger partial charge in [0.1, 0.15) is 0 Å². The fraction of sp³-hybridized carbons (Fsp3) is 0.571. The average molecular weight is 145 g/mol. The number of carbonyl (C=O) groups is 1. The van der Waals surface area contributed by atoms with Crippen molar-refractivity contribution in [3.05, 3.63) is 12.2 Å². The van der Waals surface area contributed by atoms with Gasteiger partial charge in [0.15, 0.2) is 0 Å². The Hall–Kier alpha value is -0.830. The lowest BCUT2D eigenvalue weighted by Crippen LogP contribution is -1.89. The molecule has 0 spiro atoms. The van der Waals surface area contributed by atoms with E-state index in [4.69, 9.17) is 5.11 Å². The Morgan fingerprint density at radius 3 is 2.10 bits per heavy atom. The van der Waals surface area contributed by atoms with Crippen molar-refractivity contribution in [1.29, 1.82) is 0 Å². The van der Waals surface area contributed by atoms with Gasteiger partial charge in [0.2, 0.25) is 0 Å². The highest BCUT2D eigenvalue weighted by atomic mass is 16.4. The molecule has 0 aliphatic carbocycles. The lowest BCUT2D eigenvalue weighted by molar-refractivity contribution is -0.131. The number of nitrogens with one attached hydrogen (secondary N) is 1. The van der Waals surface area contributed by atoms with E-state index in [0.29, 0.717) is 0 Å². The van der Waals surface area contributed by atoms with Crippen LogP contribution in [0.25, 0.3) is 0 Å². The molecule has 60 valence electrons. The van der Waals surface area contributed by atoms with Gasteiger partial charge in [0.05, 0.1) is 0 Å². The molecule has 0 aromatic carbocycles. The topological polar surface area (TPSA) is 49.3 Å². The third kappa shape index (κ3) is 27.2. The average Bonchev–Trinajstić information content (AvgIpc) is 1.85. The molecule has 0 atom stereocenters. The van der Waals surface area contributed by atoms with Gasteiger partial charge in [-0.15, -0.1) is 0 Å². The van der Waals surface area contributed by atoms with Crippen LogP contribution < -0.4 is 5.32 Å². The summed E-state index contributed by atoms with van der Waals surface area (Å²) in [5.41, 5.74) is 0. The predicted molar refractivity (Wildman–Crippen MR) is 42.1 cm³/mol. The number of aliphatic carboxylic acids is 1. The van der Waals surface area contributed by atoms with Crippen LogP contribution in [-0.2, 0) is 4.79 Å². The van der Waals surface area contributed by atoms with Crippen LogP contribution in [0.5, 0.6) is 0 Å². The second-order valence-corrected chi connectivity index (χ2v) is 1.65. The van der Waals surface area contributed by atoms with Crippen molar-refractivity contribution >= 4 is 5.97 Å². The molecule has 0 unspecified atom stereocenters. The first-order valence-electron chi connectivity index (χ1n) is 3.17. The molecule has 0 radical (unpaired) electrons. The molecule has 0 aliphatic rings. The summed E-state index contributed by atoms with van der Waals surface area (Å²) in [5.74, 6) is -0.873. The monoisotopic (exact) mass is 145 g/mol. The van der Waals surface area contributed by atoms with Gasteiger partial charge in [-0.1, -0.05) is 13.0 Å². The second kappa shape index (κ2) is 11.0. The Kier molecular flexibility index (Phi) is 13.1. The van der Waals surface area contributed by atoms with E-state index in [0.717, 1.165) is 12.5 Å². The van der Waals surface area contributed by atoms with Gasteiger partial charge in [-0.3, -0.25) is 0 Å². The van der Waals surface area contributed by atoms with Gasteiger partial charge in [0.25, 0.3) is 0 Å². The summed E-state index contributed by atoms with van der Waals surface area (Å²) in [6.07, 6.45) is 3.52. The summed E-state index contributed by atoms with van der Waals surface area (Å²) in [7, 11) is 3.75. The van der Waals surface area contributed by atoms with E-state index >= 15 is 0 Å². The smallest absolute Gasteiger partial charge is 0.327 e.